The first-order valence-corrected chi connectivity index (χ1v) is 11.2. The Bertz CT molecular complexity index is 1070. The summed E-state index contributed by atoms with van der Waals surface area (Å²) in [4.78, 5) is 38.6. The molecule has 3 N–H and O–H groups in total. The first kappa shape index (κ1) is 21.3. The molecule has 1 aliphatic heterocycles. The van der Waals surface area contributed by atoms with Gasteiger partial charge in [0.15, 0.2) is 5.13 Å². The number of aromatic nitrogens is 3. The van der Waals surface area contributed by atoms with Crippen LogP contribution in [-0.2, 0) is 16.0 Å². The summed E-state index contributed by atoms with van der Waals surface area (Å²) in [6.45, 7) is 5.54. The Labute approximate surface area is 183 Å². The van der Waals surface area contributed by atoms with Crippen LogP contribution in [0.25, 0.3) is 10.2 Å². The quantitative estimate of drug-likeness (QED) is 0.455. The number of hydrogen-bond acceptors (Lipinski definition) is 8. The van der Waals surface area contributed by atoms with Crippen molar-refractivity contribution in [3.8, 4) is 0 Å². The summed E-state index contributed by atoms with van der Waals surface area (Å²) >= 11 is 1.59. The number of carbonyl (C=O) groups excluding carboxylic acids is 1. The van der Waals surface area contributed by atoms with Crippen LogP contribution in [0.4, 0.5) is 11.1 Å². The molecule has 9 nitrogen and oxygen atoms in total. The molecule has 1 fully saturated rings. The lowest BCUT2D eigenvalue weighted by atomic mass is 10.1. The second-order valence-electron chi connectivity index (χ2n) is 7.32. The maximum absolute atomic E-state index is 12.5. The Kier molecular flexibility index (Phi) is 6.78. The molecule has 1 saturated heterocycles. The van der Waals surface area contributed by atoms with E-state index in [9.17, 15) is 9.59 Å². The summed E-state index contributed by atoms with van der Waals surface area (Å²) in [6, 6.07) is 7.96. The standard InChI is InChI=1S/C21H26N6O3S/c1-14-15(19(29)26-20(24-14)27-10-12-30-13-11-27)6-7-18(28)22-8-9-23-21-25-16-4-2-3-5-17(16)31-21/h2-5H,6-13H2,1H3,(H,22,28)(H,23,25)(H,24,26,29). The molecule has 3 aromatic rings. The Morgan fingerprint density at radius 3 is 2.81 bits per heavy atom. The summed E-state index contributed by atoms with van der Waals surface area (Å²) in [5, 5.41) is 6.95. The Morgan fingerprint density at radius 1 is 1.23 bits per heavy atom. The van der Waals surface area contributed by atoms with E-state index >= 15 is 0 Å². The molecule has 3 heterocycles. The van der Waals surface area contributed by atoms with Gasteiger partial charge in [0.05, 0.1) is 23.4 Å². The van der Waals surface area contributed by atoms with Crippen molar-refractivity contribution in [2.45, 2.75) is 19.8 Å². The average Bonchev–Trinajstić information content (AvgIpc) is 3.19. The maximum Gasteiger partial charge on any atom is 0.255 e. The van der Waals surface area contributed by atoms with Gasteiger partial charge in [-0.15, -0.1) is 0 Å². The van der Waals surface area contributed by atoms with E-state index in [1.54, 1.807) is 11.3 Å². The molecule has 2 aromatic heterocycles. The predicted molar refractivity (Wildman–Crippen MR) is 122 cm³/mol. The number of para-hydroxylation sites is 1. The summed E-state index contributed by atoms with van der Waals surface area (Å²) in [5.74, 6) is 0.474. The van der Waals surface area contributed by atoms with Gasteiger partial charge in [0.25, 0.3) is 5.56 Å². The van der Waals surface area contributed by atoms with Crippen LogP contribution in [-0.4, -0.2) is 60.3 Å². The van der Waals surface area contributed by atoms with E-state index in [-0.39, 0.29) is 17.9 Å². The van der Waals surface area contributed by atoms with Crippen molar-refractivity contribution in [1.82, 2.24) is 20.3 Å². The molecule has 0 spiro atoms. The number of ether oxygens (including phenoxy) is 1. The molecule has 1 amide bonds. The van der Waals surface area contributed by atoms with Gasteiger partial charge in [-0.25, -0.2) is 9.97 Å². The number of nitrogens with zero attached hydrogens (tertiary/aromatic N) is 3. The van der Waals surface area contributed by atoms with E-state index in [4.69, 9.17) is 4.74 Å². The number of anilines is 2. The number of aryl methyl sites for hydroxylation is 1. The third-order valence-electron chi connectivity index (χ3n) is 5.14. The number of carbonyl (C=O) groups is 1. The predicted octanol–water partition coefficient (Wildman–Crippen LogP) is 1.69. The van der Waals surface area contributed by atoms with Crippen LogP contribution >= 0.6 is 11.3 Å². The van der Waals surface area contributed by atoms with E-state index in [1.807, 2.05) is 36.1 Å². The maximum atomic E-state index is 12.5. The molecule has 1 aliphatic rings. The Morgan fingerprint density at radius 2 is 2.03 bits per heavy atom. The number of benzene rings is 1. The fourth-order valence-electron chi connectivity index (χ4n) is 3.46. The summed E-state index contributed by atoms with van der Waals surface area (Å²) in [5.41, 5.74) is 2.00. The van der Waals surface area contributed by atoms with Gasteiger partial charge >= 0.3 is 0 Å². The smallest absolute Gasteiger partial charge is 0.255 e. The topological polar surface area (TPSA) is 112 Å². The summed E-state index contributed by atoms with van der Waals surface area (Å²) in [7, 11) is 0. The summed E-state index contributed by atoms with van der Waals surface area (Å²) < 4.78 is 6.46. The van der Waals surface area contributed by atoms with Gasteiger partial charge in [0.1, 0.15) is 0 Å². The molecule has 0 radical (unpaired) electrons. The molecule has 0 bridgehead atoms. The number of H-pyrrole nitrogens is 1. The van der Waals surface area contributed by atoms with E-state index in [0.717, 1.165) is 15.3 Å². The number of fused-ring (bicyclic) bond motifs is 1. The minimum absolute atomic E-state index is 0.0952. The van der Waals surface area contributed by atoms with E-state index < -0.39 is 0 Å². The van der Waals surface area contributed by atoms with Crippen molar-refractivity contribution in [3.63, 3.8) is 0 Å². The van der Waals surface area contributed by atoms with Crippen LogP contribution in [0, 0.1) is 6.92 Å². The molecule has 0 saturated carbocycles. The number of nitrogens with one attached hydrogen (secondary N) is 3. The second kappa shape index (κ2) is 9.88. The van der Waals surface area contributed by atoms with Crippen molar-refractivity contribution in [3.05, 3.63) is 45.9 Å². The van der Waals surface area contributed by atoms with Crippen molar-refractivity contribution < 1.29 is 9.53 Å². The monoisotopic (exact) mass is 442 g/mol. The number of hydrogen-bond donors (Lipinski definition) is 3. The van der Waals surface area contributed by atoms with Crippen molar-refractivity contribution in [2.75, 3.05) is 49.6 Å². The fraction of sp³-hybridized carbons (Fsp3) is 0.429. The molecule has 10 heteroatoms. The minimum atomic E-state index is -0.181. The minimum Gasteiger partial charge on any atom is -0.378 e. The zero-order valence-corrected chi connectivity index (χ0v) is 18.3. The highest BCUT2D eigenvalue weighted by atomic mass is 32.1. The van der Waals surface area contributed by atoms with E-state index in [1.165, 1.54) is 0 Å². The highest BCUT2D eigenvalue weighted by Crippen LogP contribution is 2.24. The third kappa shape index (κ3) is 5.39. The van der Waals surface area contributed by atoms with E-state index in [0.29, 0.717) is 63.0 Å². The second-order valence-corrected chi connectivity index (χ2v) is 8.35. The van der Waals surface area contributed by atoms with Crippen LogP contribution in [0.5, 0.6) is 0 Å². The number of aromatic amines is 1. The lowest BCUT2D eigenvalue weighted by molar-refractivity contribution is -0.120. The lowest BCUT2D eigenvalue weighted by Gasteiger charge is -2.27. The van der Waals surface area contributed by atoms with Gasteiger partial charge in [-0.05, 0) is 25.5 Å². The van der Waals surface area contributed by atoms with Gasteiger partial charge in [-0.2, -0.15) is 0 Å². The third-order valence-corrected chi connectivity index (χ3v) is 6.13. The van der Waals surface area contributed by atoms with Crippen molar-refractivity contribution in [2.24, 2.45) is 0 Å². The molecule has 1 aromatic carbocycles. The van der Waals surface area contributed by atoms with Gasteiger partial charge in [0.2, 0.25) is 11.9 Å². The number of thiazole rings is 1. The molecule has 0 atom stereocenters. The van der Waals surface area contributed by atoms with Gasteiger partial charge in [-0.1, -0.05) is 23.5 Å². The molecule has 0 aliphatic carbocycles. The molecule has 4 rings (SSSR count). The van der Waals surface area contributed by atoms with E-state index in [2.05, 4.69) is 25.6 Å². The number of morpholine rings is 1. The SMILES string of the molecule is Cc1nc(N2CCOCC2)[nH]c(=O)c1CCC(=O)NCCNc1nc2ccccc2s1. The Hall–Kier alpha value is -2.98. The zero-order valence-electron chi connectivity index (χ0n) is 17.4. The van der Waals surface area contributed by atoms with Gasteiger partial charge in [-0.3, -0.25) is 14.6 Å². The highest BCUT2D eigenvalue weighted by Gasteiger charge is 2.16. The molecule has 164 valence electrons. The zero-order chi connectivity index (χ0) is 21.6. The highest BCUT2D eigenvalue weighted by molar-refractivity contribution is 7.22. The van der Waals surface area contributed by atoms with Gasteiger partial charge in [0, 0.05) is 43.9 Å². The van der Waals surface area contributed by atoms with Crippen LogP contribution in [0.1, 0.15) is 17.7 Å². The van der Waals surface area contributed by atoms with Crippen LogP contribution in [0.2, 0.25) is 0 Å². The first-order valence-electron chi connectivity index (χ1n) is 10.4. The molecular formula is C21H26N6O3S. The van der Waals surface area contributed by atoms with Crippen molar-refractivity contribution in [1.29, 1.82) is 0 Å². The van der Waals surface area contributed by atoms with Crippen LogP contribution < -0.4 is 21.1 Å². The molecular weight excluding hydrogens is 416 g/mol. The normalized spacial score (nSPS) is 14.0. The number of amides is 1. The van der Waals surface area contributed by atoms with Crippen LogP contribution in [0.3, 0.4) is 0 Å². The largest absolute Gasteiger partial charge is 0.378 e. The fourth-order valence-corrected chi connectivity index (χ4v) is 4.35. The first-order chi connectivity index (χ1) is 15.1. The average molecular weight is 443 g/mol. The molecule has 31 heavy (non-hydrogen) atoms. The van der Waals surface area contributed by atoms with Crippen molar-refractivity contribution >= 4 is 38.5 Å². The van der Waals surface area contributed by atoms with Crippen LogP contribution in [0.15, 0.2) is 29.1 Å². The number of rotatable bonds is 8. The summed E-state index contributed by atoms with van der Waals surface area (Å²) in [6.07, 6.45) is 0.596. The van der Waals surface area contributed by atoms with Gasteiger partial charge < -0.3 is 20.3 Å². The molecule has 0 unspecified atom stereocenters. The lowest BCUT2D eigenvalue weighted by Crippen LogP contribution is -2.38. The Balaban J connectivity index is 1.23.